The van der Waals surface area contributed by atoms with Crippen molar-refractivity contribution in [2.75, 3.05) is 13.6 Å². The van der Waals surface area contributed by atoms with Gasteiger partial charge in [0.15, 0.2) is 0 Å². The number of likely N-dealkylation sites (N-methyl/N-ethyl adjacent to an activating group) is 1. The fourth-order valence-corrected chi connectivity index (χ4v) is 0.397. The van der Waals surface area contributed by atoms with Gasteiger partial charge in [-0.3, -0.25) is 0 Å². The molecule has 0 fully saturated rings. The molecule has 0 bridgehead atoms. The third-order valence-electron chi connectivity index (χ3n) is 1.27. The Morgan fingerprint density at radius 1 is 1.75 bits per heavy atom. The lowest BCUT2D eigenvalue weighted by Gasteiger charge is -2.14. The largest absolute Gasteiger partial charge is 0.390 e. The topological polar surface area (TPSA) is 58.3 Å². The Labute approximate surface area is 49.9 Å². The van der Waals surface area contributed by atoms with Gasteiger partial charge in [-0.05, 0) is 14.0 Å². The first-order valence-electron chi connectivity index (χ1n) is 2.77. The smallest absolute Gasteiger partial charge is 0.0812 e. The van der Waals surface area contributed by atoms with Gasteiger partial charge in [-0.25, -0.2) is 0 Å². The van der Waals surface area contributed by atoms with Crippen LogP contribution in [0.4, 0.5) is 0 Å². The summed E-state index contributed by atoms with van der Waals surface area (Å²) in [4.78, 5) is 0. The van der Waals surface area contributed by atoms with Crippen molar-refractivity contribution in [2.24, 2.45) is 5.73 Å². The highest BCUT2D eigenvalue weighted by Crippen LogP contribution is 1.86. The van der Waals surface area contributed by atoms with Gasteiger partial charge in [-0.1, -0.05) is 0 Å². The molecule has 0 aromatic carbocycles. The Morgan fingerprint density at radius 3 is 2.38 bits per heavy atom. The quantitative estimate of drug-likeness (QED) is 0.441. The molecule has 8 heavy (non-hydrogen) atoms. The van der Waals surface area contributed by atoms with Gasteiger partial charge in [-0.15, -0.1) is 0 Å². The zero-order chi connectivity index (χ0) is 6.57. The molecule has 0 rings (SSSR count). The minimum atomic E-state index is -0.417. The number of nitrogens with two attached hydrogens (primary N) is 1. The fourth-order valence-electron chi connectivity index (χ4n) is 0.397. The van der Waals surface area contributed by atoms with Gasteiger partial charge < -0.3 is 16.2 Å². The second-order valence-corrected chi connectivity index (χ2v) is 1.88. The molecule has 4 N–H and O–H groups in total. The highest BCUT2D eigenvalue weighted by Gasteiger charge is 2.07. The summed E-state index contributed by atoms with van der Waals surface area (Å²) in [5.74, 6) is 0. The van der Waals surface area contributed by atoms with E-state index in [1.807, 2.05) is 6.92 Å². The summed E-state index contributed by atoms with van der Waals surface area (Å²) in [5, 5.41) is 11.8. The van der Waals surface area contributed by atoms with Crippen LogP contribution in [0.15, 0.2) is 0 Å². The minimum absolute atomic E-state index is 0.0972. The summed E-state index contributed by atoms with van der Waals surface area (Å²) in [6, 6.07) is 0.0972. The lowest BCUT2D eigenvalue weighted by atomic mass is 10.2. The summed E-state index contributed by atoms with van der Waals surface area (Å²) in [5.41, 5.74) is 5.16. The second-order valence-electron chi connectivity index (χ2n) is 1.88. The monoisotopic (exact) mass is 118 g/mol. The van der Waals surface area contributed by atoms with Crippen molar-refractivity contribution >= 4 is 0 Å². The SMILES string of the molecule is CNC(C)C(O)CN. The van der Waals surface area contributed by atoms with Crippen LogP contribution in [0.3, 0.4) is 0 Å². The van der Waals surface area contributed by atoms with Crippen molar-refractivity contribution in [1.29, 1.82) is 0 Å². The van der Waals surface area contributed by atoms with Gasteiger partial charge in [0.25, 0.3) is 0 Å². The van der Waals surface area contributed by atoms with Gasteiger partial charge in [-0.2, -0.15) is 0 Å². The van der Waals surface area contributed by atoms with Crippen LogP contribution in [0.5, 0.6) is 0 Å². The van der Waals surface area contributed by atoms with E-state index in [4.69, 9.17) is 10.8 Å². The lowest BCUT2D eigenvalue weighted by Crippen LogP contribution is -2.39. The standard InChI is InChI=1S/C5H14N2O/c1-4(7-2)5(8)3-6/h4-5,7-8H,3,6H2,1-2H3. The Balaban J connectivity index is 3.29. The lowest BCUT2D eigenvalue weighted by molar-refractivity contribution is 0.146. The minimum Gasteiger partial charge on any atom is -0.390 e. The van der Waals surface area contributed by atoms with Crippen LogP contribution in [0.1, 0.15) is 6.92 Å². The molecule has 0 aliphatic heterocycles. The molecule has 0 aliphatic rings. The molecule has 0 aromatic heterocycles. The van der Waals surface area contributed by atoms with Crippen molar-refractivity contribution < 1.29 is 5.11 Å². The number of rotatable bonds is 3. The summed E-state index contributed by atoms with van der Waals surface area (Å²) in [6.45, 7) is 2.21. The van der Waals surface area contributed by atoms with E-state index in [0.29, 0.717) is 6.54 Å². The zero-order valence-corrected chi connectivity index (χ0v) is 5.39. The van der Waals surface area contributed by atoms with E-state index in [1.54, 1.807) is 7.05 Å². The van der Waals surface area contributed by atoms with E-state index in [0.717, 1.165) is 0 Å². The molecule has 0 saturated heterocycles. The van der Waals surface area contributed by atoms with Crippen molar-refractivity contribution in [2.45, 2.75) is 19.1 Å². The maximum atomic E-state index is 8.94. The zero-order valence-electron chi connectivity index (χ0n) is 5.39. The van der Waals surface area contributed by atoms with E-state index in [-0.39, 0.29) is 6.04 Å². The van der Waals surface area contributed by atoms with Crippen molar-refractivity contribution in [1.82, 2.24) is 5.32 Å². The normalized spacial score (nSPS) is 18.0. The second kappa shape index (κ2) is 3.83. The van der Waals surface area contributed by atoms with Crippen LogP contribution >= 0.6 is 0 Å². The first-order chi connectivity index (χ1) is 3.72. The molecule has 0 aliphatic carbocycles. The van der Waals surface area contributed by atoms with Gasteiger partial charge in [0, 0.05) is 12.6 Å². The van der Waals surface area contributed by atoms with E-state index in [1.165, 1.54) is 0 Å². The van der Waals surface area contributed by atoms with Gasteiger partial charge in [0.05, 0.1) is 6.10 Å². The van der Waals surface area contributed by atoms with E-state index in [9.17, 15) is 0 Å². The highest BCUT2D eigenvalue weighted by molar-refractivity contribution is 4.68. The van der Waals surface area contributed by atoms with Crippen molar-refractivity contribution in [3.05, 3.63) is 0 Å². The van der Waals surface area contributed by atoms with Crippen LogP contribution in [-0.2, 0) is 0 Å². The molecule has 0 amide bonds. The molecule has 3 nitrogen and oxygen atoms in total. The van der Waals surface area contributed by atoms with E-state index >= 15 is 0 Å². The molecular formula is C5H14N2O. The number of aliphatic hydroxyl groups is 1. The van der Waals surface area contributed by atoms with Crippen LogP contribution < -0.4 is 11.1 Å². The predicted octanol–water partition coefficient (Wildman–Crippen LogP) is -1.09. The molecule has 0 radical (unpaired) electrons. The van der Waals surface area contributed by atoms with Gasteiger partial charge >= 0.3 is 0 Å². The predicted molar refractivity (Wildman–Crippen MR) is 33.6 cm³/mol. The van der Waals surface area contributed by atoms with E-state index < -0.39 is 6.10 Å². The number of hydrogen-bond acceptors (Lipinski definition) is 3. The first-order valence-corrected chi connectivity index (χ1v) is 2.77. The molecule has 3 heteroatoms. The molecule has 2 atom stereocenters. The number of hydrogen-bond donors (Lipinski definition) is 3. The Hall–Kier alpha value is -0.120. The Morgan fingerprint density at radius 2 is 2.25 bits per heavy atom. The maximum absolute atomic E-state index is 8.94. The molecule has 2 unspecified atom stereocenters. The summed E-state index contributed by atoms with van der Waals surface area (Å²) in [7, 11) is 1.80. The van der Waals surface area contributed by atoms with Gasteiger partial charge in [0.1, 0.15) is 0 Å². The Bertz CT molecular complexity index is 50.4. The summed E-state index contributed by atoms with van der Waals surface area (Å²) >= 11 is 0. The van der Waals surface area contributed by atoms with Gasteiger partial charge in [0.2, 0.25) is 0 Å². The van der Waals surface area contributed by atoms with Crippen LogP contribution in [0, 0.1) is 0 Å². The van der Waals surface area contributed by atoms with Crippen molar-refractivity contribution in [3.63, 3.8) is 0 Å². The van der Waals surface area contributed by atoms with Crippen molar-refractivity contribution in [3.8, 4) is 0 Å². The summed E-state index contributed by atoms with van der Waals surface area (Å²) < 4.78 is 0. The maximum Gasteiger partial charge on any atom is 0.0812 e. The van der Waals surface area contributed by atoms with E-state index in [2.05, 4.69) is 5.32 Å². The molecular weight excluding hydrogens is 104 g/mol. The highest BCUT2D eigenvalue weighted by atomic mass is 16.3. The Kier molecular flexibility index (Phi) is 3.77. The molecule has 0 aromatic rings. The molecule has 0 spiro atoms. The van der Waals surface area contributed by atoms with Crippen LogP contribution in [0.25, 0.3) is 0 Å². The molecule has 0 saturated carbocycles. The third kappa shape index (κ3) is 2.26. The van der Waals surface area contributed by atoms with Crippen LogP contribution in [0.2, 0.25) is 0 Å². The number of aliphatic hydroxyl groups excluding tert-OH is 1. The molecule has 0 heterocycles. The van der Waals surface area contributed by atoms with Crippen LogP contribution in [-0.4, -0.2) is 30.8 Å². The third-order valence-corrected chi connectivity index (χ3v) is 1.27. The molecule has 50 valence electrons. The number of nitrogens with one attached hydrogen (secondary N) is 1. The fraction of sp³-hybridized carbons (Fsp3) is 1.00. The average molecular weight is 118 g/mol. The average Bonchev–Trinajstić information content (AvgIpc) is 1.84. The first kappa shape index (κ1) is 7.88. The summed E-state index contributed by atoms with van der Waals surface area (Å²) in [6.07, 6.45) is -0.417.